The molecule has 2 aromatic rings. The number of para-hydroxylation sites is 1. The van der Waals surface area contributed by atoms with Crippen molar-refractivity contribution in [2.75, 3.05) is 12.4 Å². The van der Waals surface area contributed by atoms with Gasteiger partial charge in [-0.25, -0.2) is 14.8 Å². The first-order chi connectivity index (χ1) is 11.0. The Morgan fingerprint density at radius 1 is 1.13 bits per heavy atom. The van der Waals surface area contributed by atoms with E-state index in [1.54, 1.807) is 24.3 Å². The maximum absolute atomic E-state index is 11.8. The van der Waals surface area contributed by atoms with E-state index in [-0.39, 0.29) is 17.9 Å². The monoisotopic (exact) mass is 314 g/mol. The molecule has 7 nitrogen and oxygen atoms in total. The lowest BCUT2D eigenvalue weighted by Gasteiger charge is -2.10. The van der Waals surface area contributed by atoms with Gasteiger partial charge in [0.25, 0.3) is 5.91 Å². The van der Waals surface area contributed by atoms with Gasteiger partial charge in [0.1, 0.15) is 0 Å². The van der Waals surface area contributed by atoms with Crippen molar-refractivity contribution in [2.24, 2.45) is 0 Å². The molecule has 0 spiro atoms. The number of hydrogen-bond acceptors (Lipinski definition) is 6. The lowest BCUT2D eigenvalue weighted by atomic mass is 10.2. The molecule has 0 radical (unpaired) electrons. The van der Waals surface area contributed by atoms with Crippen LogP contribution in [0.15, 0.2) is 36.7 Å². The van der Waals surface area contributed by atoms with Crippen LogP contribution in [0.1, 0.15) is 34.6 Å². The highest BCUT2D eigenvalue weighted by atomic mass is 16.5. The summed E-state index contributed by atoms with van der Waals surface area (Å²) >= 11 is 0. The molecule has 0 aliphatic heterocycles. The fourth-order valence-corrected chi connectivity index (χ4v) is 1.86. The average Bonchev–Trinajstić information content (AvgIpc) is 2.54. The second kappa shape index (κ2) is 7.35. The van der Waals surface area contributed by atoms with Crippen molar-refractivity contribution >= 4 is 23.5 Å². The van der Waals surface area contributed by atoms with E-state index in [0.29, 0.717) is 16.8 Å². The number of hydrogen-bond donors (Lipinski definition) is 2. The smallest absolute Gasteiger partial charge is 0.339 e. The number of rotatable bonds is 5. The standard InChI is InChI=1S/C16H18N4O3/c1-10(2)19-14(21)11-8-17-16(18-9-11)20-13-7-5-4-6-12(13)15(22)23-3/h4-10H,1-3H3,(H,19,21)(H,17,18,20). The first-order valence-electron chi connectivity index (χ1n) is 7.08. The number of nitrogens with one attached hydrogen (secondary N) is 2. The van der Waals surface area contributed by atoms with Crippen LogP contribution < -0.4 is 10.6 Å². The molecule has 0 atom stereocenters. The van der Waals surface area contributed by atoms with E-state index < -0.39 is 5.97 Å². The molecular formula is C16H18N4O3. The molecule has 2 N–H and O–H groups in total. The zero-order valence-electron chi connectivity index (χ0n) is 13.2. The summed E-state index contributed by atoms with van der Waals surface area (Å²) in [6.45, 7) is 3.75. The number of aromatic nitrogens is 2. The Morgan fingerprint density at radius 3 is 2.39 bits per heavy atom. The number of ether oxygens (including phenoxy) is 1. The molecule has 120 valence electrons. The van der Waals surface area contributed by atoms with E-state index in [2.05, 4.69) is 20.6 Å². The molecule has 0 unspecified atom stereocenters. The van der Waals surface area contributed by atoms with Gasteiger partial charge in [-0.05, 0) is 26.0 Å². The van der Waals surface area contributed by atoms with E-state index >= 15 is 0 Å². The molecule has 0 fully saturated rings. The average molecular weight is 314 g/mol. The van der Waals surface area contributed by atoms with Crippen LogP contribution in [0.2, 0.25) is 0 Å². The Kier molecular flexibility index (Phi) is 5.24. The van der Waals surface area contributed by atoms with E-state index in [1.165, 1.54) is 19.5 Å². The van der Waals surface area contributed by atoms with Gasteiger partial charge in [0.2, 0.25) is 5.95 Å². The van der Waals surface area contributed by atoms with Crippen molar-refractivity contribution in [1.82, 2.24) is 15.3 Å². The summed E-state index contributed by atoms with van der Waals surface area (Å²) in [7, 11) is 1.32. The van der Waals surface area contributed by atoms with Gasteiger partial charge in [-0.15, -0.1) is 0 Å². The summed E-state index contributed by atoms with van der Waals surface area (Å²) in [5.41, 5.74) is 1.27. The molecule has 1 aromatic carbocycles. The van der Waals surface area contributed by atoms with Crippen molar-refractivity contribution in [3.8, 4) is 0 Å². The maximum Gasteiger partial charge on any atom is 0.339 e. The Hall–Kier alpha value is -2.96. The van der Waals surface area contributed by atoms with Crippen LogP contribution in [0, 0.1) is 0 Å². The highest BCUT2D eigenvalue weighted by Crippen LogP contribution is 2.19. The van der Waals surface area contributed by atoms with E-state index in [1.807, 2.05) is 13.8 Å². The molecule has 7 heteroatoms. The zero-order valence-corrected chi connectivity index (χ0v) is 13.2. The molecule has 0 saturated carbocycles. The minimum atomic E-state index is -0.457. The highest BCUT2D eigenvalue weighted by molar-refractivity contribution is 5.96. The number of nitrogens with zero attached hydrogens (tertiary/aromatic N) is 2. The number of anilines is 2. The molecular weight excluding hydrogens is 296 g/mol. The highest BCUT2D eigenvalue weighted by Gasteiger charge is 2.13. The van der Waals surface area contributed by atoms with Gasteiger partial charge in [0.05, 0.1) is 23.9 Å². The van der Waals surface area contributed by atoms with Gasteiger partial charge >= 0.3 is 5.97 Å². The van der Waals surface area contributed by atoms with E-state index in [9.17, 15) is 9.59 Å². The molecule has 23 heavy (non-hydrogen) atoms. The molecule has 1 heterocycles. The first-order valence-corrected chi connectivity index (χ1v) is 7.08. The predicted molar refractivity (Wildman–Crippen MR) is 85.7 cm³/mol. The first kappa shape index (κ1) is 16.4. The predicted octanol–water partition coefficient (Wildman–Crippen LogP) is 2.14. The van der Waals surface area contributed by atoms with Gasteiger partial charge in [-0.3, -0.25) is 4.79 Å². The third-order valence-corrected chi connectivity index (χ3v) is 2.91. The second-order valence-corrected chi connectivity index (χ2v) is 5.09. The van der Waals surface area contributed by atoms with Crippen LogP contribution >= 0.6 is 0 Å². The minimum Gasteiger partial charge on any atom is -0.465 e. The number of amides is 1. The van der Waals surface area contributed by atoms with Crippen molar-refractivity contribution in [2.45, 2.75) is 19.9 Å². The Morgan fingerprint density at radius 2 is 1.78 bits per heavy atom. The third-order valence-electron chi connectivity index (χ3n) is 2.91. The number of benzene rings is 1. The number of methoxy groups -OCH3 is 1. The van der Waals surface area contributed by atoms with E-state index in [4.69, 9.17) is 4.74 Å². The normalized spacial score (nSPS) is 10.3. The van der Waals surface area contributed by atoms with Crippen LogP contribution in [-0.4, -0.2) is 35.0 Å². The van der Waals surface area contributed by atoms with Crippen LogP contribution in [-0.2, 0) is 4.74 Å². The van der Waals surface area contributed by atoms with Crippen LogP contribution in [0.5, 0.6) is 0 Å². The van der Waals surface area contributed by atoms with Gasteiger partial charge in [-0.1, -0.05) is 12.1 Å². The summed E-state index contributed by atoms with van der Waals surface area (Å²) in [5, 5.41) is 5.70. The fourth-order valence-electron chi connectivity index (χ4n) is 1.86. The molecule has 0 saturated heterocycles. The second-order valence-electron chi connectivity index (χ2n) is 5.09. The minimum absolute atomic E-state index is 0.0345. The largest absolute Gasteiger partial charge is 0.465 e. The van der Waals surface area contributed by atoms with Gasteiger partial charge in [0, 0.05) is 18.4 Å². The van der Waals surface area contributed by atoms with Gasteiger partial charge in [-0.2, -0.15) is 0 Å². The van der Waals surface area contributed by atoms with Crippen molar-refractivity contribution < 1.29 is 14.3 Å². The summed E-state index contributed by atoms with van der Waals surface area (Å²) in [4.78, 5) is 31.7. The molecule has 0 aliphatic carbocycles. The molecule has 1 aromatic heterocycles. The van der Waals surface area contributed by atoms with E-state index in [0.717, 1.165) is 0 Å². The van der Waals surface area contributed by atoms with Crippen molar-refractivity contribution in [3.05, 3.63) is 47.8 Å². The van der Waals surface area contributed by atoms with Crippen LogP contribution in [0.3, 0.4) is 0 Å². The number of carbonyl (C=O) groups excluding carboxylic acids is 2. The van der Waals surface area contributed by atoms with Gasteiger partial charge in [0.15, 0.2) is 0 Å². The quantitative estimate of drug-likeness (QED) is 0.821. The fraction of sp³-hybridized carbons (Fsp3) is 0.250. The molecule has 1 amide bonds. The topological polar surface area (TPSA) is 93.2 Å². The Balaban J connectivity index is 2.16. The van der Waals surface area contributed by atoms with Crippen molar-refractivity contribution in [1.29, 1.82) is 0 Å². The molecule has 2 rings (SSSR count). The zero-order chi connectivity index (χ0) is 16.8. The molecule has 0 aliphatic rings. The number of carbonyl (C=O) groups is 2. The summed E-state index contributed by atoms with van der Waals surface area (Å²) in [6, 6.07) is 6.90. The van der Waals surface area contributed by atoms with Crippen molar-refractivity contribution in [3.63, 3.8) is 0 Å². The summed E-state index contributed by atoms with van der Waals surface area (Å²) < 4.78 is 4.73. The lowest BCUT2D eigenvalue weighted by molar-refractivity contribution is 0.0601. The summed E-state index contributed by atoms with van der Waals surface area (Å²) in [6.07, 6.45) is 2.85. The molecule has 0 bridgehead atoms. The van der Waals surface area contributed by atoms with Crippen LogP contribution in [0.25, 0.3) is 0 Å². The number of esters is 1. The van der Waals surface area contributed by atoms with Gasteiger partial charge < -0.3 is 15.4 Å². The maximum atomic E-state index is 11.8. The third kappa shape index (κ3) is 4.26. The summed E-state index contributed by atoms with van der Waals surface area (Å²) in [5.74, 6) is -0.412. The van der Waals surface area contributed by atoms with Crippen LogP contribution in [0.4, 0.5) is 11.6 Å². The lowest BCUT2D eigenvalue weighted by Crippen LogP contribution is -2.30. The SMILES string of the molecule is COC(=O)c1ccccc1Nc1ncc(C(=O)NC(C)C)cn1. The Labute approximate surface area is 134 Å². The Bertz CT molecular complexity index is 699.